The van der Waals surface area contributed by atoms with E-state index in [1.54, 1.807) is 0 Å². The van der Waals surface area contributed by atoms with E-state index < -0.39 is 41.5 Å². The van der Waals surface area contributed by atoms with Gasteiger partial charge >= 0.3 is 6.18 Å². The summed E-state index contributed by atoms with van der Waals surface area (Å²) in [7, 11) is 0. The number of benzene rings is 2. The number of nitrogens with one attached hydrogen (secondary N) is 2. The summed E-state index contributed by atoms with van der Waals surface area (Å²) in [5, 5.41) is 5.62. The van der Waals surface area contributed by atoms with Crippen LogP contribution < -0.4 is 10.6 Å². The summed E-state index contributed by atoms with van der Waals surface area (Å²) in [6, 6.07) is 9.16. The largest absolute Gasteiger partial charge is 0.416 e. The number of hydrogen-bond donors (Lipinski definition) is 2. The SMILES string of the molecule is O=C(CNC(=O)c1cc(F)cc(C(F)(F)F)c1)NCC1CCN(Cc2ccc(Cl)cc2)C1. The summed E-state index contributed by atoms with van der Waals surface area (Å²) in [5.41, 5.74) is -0.622. The molecular formula is C22H22ClF4N3O2. The minimum Gasteiger partial charge on any atom is -0.354 e. The quantitative estimate of drug-likeness (QED) is 0.603. The van der Waals surface area contributed by atoms with Crippen molar-refractivity contribution in [1.29, 1.82) is 0 Å². The summed E-state index contributed by atoms with van der Waals surface area (Å²) < 4.78 is 51.7. The van der Waals surface area contributed by atoms with Crippen LogP contribution in [0.5, 0.6) is 0 Å². The first kappa shape index (κ1) is 24.0. The van der Waals surface area contributed by atoms with Crippen LogP contribution in [0.2, 0.25) is 5.02 Å². The molecule has 0 bridgehead atoms. The summed E-state index contributed by atoms with van der Waals surface area (Å²) >= 11 is 5.89. The van der Waals surface area contributed by atoms with Gasteiger partial charge in [0, 0.05) is 30.2 Å². The Balaban J connectivity index is 1.41. The maximum absolute atomic E-state index is 13.4. The van der Waals surface area contributed by atoms with E-state index in [4.69, 9.17) is 11.6 Å². The second-order valence-electron chi connectivity index (χ2n) is 7.73. The highest BCUT2D eigenvalue weighted by molar-refractivity contribution is 6.30. The Morgan fingerprint density at radius 1 is 1.09 bits per heavy atom. The molecule has 1 fully saturated rings. The van der Waals surface area contributed by atoms with E-state index in [0.717, 1.165) is 31.6 Å². The number of rotatable bonds is 7. The van der Waals surface area contributed by atoms with Crippen LogP contribution >= 0.6 is 11.6 Å². The van der Waals surface area contributed by atoms with Crippen molar-refractivity contribution in [2.45, 2.75) is 19.1 Å². The van der Waals surface area contributed by atoms with E-state index in [1.165, 1.54) is 0 Å². The molecule has 0 aromatic heterocycles. The van der Waals surface area contributed by atoms with Gasteiger partial charge in [0.15, 0.2) is 0 Å². The molecule has 1 atom stereocenters. The average molecular weight is 472 g/mol. The van der Waals surface area contributed by atoms with Gasteiger partial charge in [0.25, 0.3) is 5.91 Å². The highest BCUT2D eigenvalue weighted by Gasteiger charge is 2.32. The van der Waals surface area contributed by atoms with E-state index in [0.29, 0.717) is 29.8 Å². The highest BCUT2D eigenvalue weighted by Crippen LogP contribution is 2.30. The molecule has 2 aromatic rings. The van der Waals surface area contributed by atoms with E-state index in [-0.39, 0.29) is 5.92 Å². The molecule has 1 saturated heterocycles. The lowest BCUT2D eigenvalue weighted by molar-refractivity contribution is -0.137. The van der Waals surface area contributed by atoms with Gasteiger partial charge < -0.3 is 10.6 Å². The van der Waals surface area contributed by atoms with Crippen molar-refractivity contribution >= 4 is 23.4 Å². The van der Waals surface area contributed by atoms with Crippen molar-refractivity contribution in [2.75, 3.05) is 26.2 Å². The lowest BCUT2D eigenvalue weighted by Gasteiger charge is -2.16. The smallest absolute Gasteiger partial charge is 0.354 e. The van der Waals surface area contributed by atoms with Crippen molar-refractivity contribution in [3.8, 4) is 0 Å². The zero-order chi connectivity index (χ0) is 23.3. The Morgan fingerprint density at radius 3 is 2.50 bits per heavy atom. The van der Waals surface area contributed by atoms with Crippen molar-refractivity contribution in [1.82, 2.24) is 15.5 Å². The molecule has 5 nitrogen and oxygen atoms in total. The van der Waals surface area contributed by atoms with Crippen molar-refractivity contribution in [3.05, 3.63) is 70.0 Å². The van der Waals surface area contributed by atoms with Crippen LogP contribution in [0.25, 0.3) is 0 Å². The van der Waals surface area contributed by atoms with Gasteiger partial charge in [-0.3, -0.25) is 14.5 Å². The predicted molar refractivity (Wildman–Crippen MR) is 112 cm³/mol. The molecule has 10 heteroatoms. The average Bonchev–Trinajstić information content (AvgIpc) is 3.18. The topological polar surface area (TPSA) is 61.4 Å². The van der Waals surface area contributed by atoms with Crippen LogP contribution in [0.3, 0.4) is 0 Å². The molecule has 2 amide bonds. The molecule has 2 aromatic carbocycles. The molecule has 0 aliphatic carbocycles. The number of likely N-dealkylation sites (tertiary alicyclic amines) is 1. The molecule has 1 aliphatic heterocycles. The Morgan fingerprint density at radius 2 is 1.81 bits per heavy atom. The van der Waals surface area contributed by atoms with Crippen molar-refractivity contribution in [2.24, 2.45) is 5.92 Å². The van der Waals surface area contributed by atoms with Gasteiger partial charge in [0.2, 0.25) is 5.91 Å². The second kappa shape index (κ2) is 10.3. The number of carbonyl (C=O) groups excluding carboxylic acids is 2. The van der Waals surface area contributed by atoms with Gasteiger partial charge in [-0.15, -0.1) is 0 Å². The van der Waals surface area contributed by atoms with Gasteiger partial charge in [0.05, 0.1) is 12.1 Å². The van der Waals surface area contributed by atoms with E-state index in [1.807, 2.05) is 24.3 Å². The monoisotopic (exact) mass is 471 g/mol. The minimum atomic E-state index is -4.78. The Hall–Kier alpha value is -2.65. The lowest BCUT2D eigenvalue weighted by Crippen LogP contribution is -2.39. The van der Waals surface area contributed by atoms with Crippen molar-refractivity contribution < 1.29 is 27.2 Å². The summed E-state index contributed by atoms with van der Waals surface area (Å²) in [5.74, 6) is -2.36. The highest BCUT2D eigenvalue weighted by atomic mass is 35.5. The molecular weight excluding hydrogens is 450 g/mol. The fourth-order valence-electron chi connectivity index (χ4n) is 3.54. The van der Waals surface area contributed by atoms with Crippen molar-refractivity contribution in [3.63, 3.8) is 0 Å². The molecule has 0 saturated carbocycles. The number of nitrogens with zero attached hydrogens (tertiary/aromatic N) is 1. The summed E-state index contributed by atoms with van der Waals surface area (Å²) in [6.07, 6.45) is -3.87. The fraction of sp³-hybridized carbons (Fsp3) is 0.364. The maximum atomic E-state index is 13.4. The number of halogens is 5. The second-order valence-corrected chi connectivity index (χ2v) is 8.17. The fourth-order valence-corrected chi connectivity index (χ4v) is 3.66. The van der Waals surface area contributed by atoms with Crippen LogP contribution in [-0.4, -0.2) is 42.9 Å². The number of amides is 2. The molecule has 2 N–H and O–H groups in total. The maximum Gasteiger partial charge on any atom is 0.416 e. The number of carbonyl (C=O) groups is 2. The summed E-state index contributed by atoms with van der Waals surface area (Å²) in [6.45, 7) is 2.48. The third-order valence-electron chi connectivity index (χ3n) is 5.17. The zero-order valence-corrected chi connectivity index (χ0v) is 17.8. The van der Waals surface area contributed by atoms with Crippen LogP contribution in [0.15, 0.2) is 42.5 Å². The van der Waals surface area contributed by atoms with Crippen LogP contribution in [0.4, 0.5) is 17.6 Å². The first-order valence-electron chi connectivity index (χ1n) is 9.99. The van der Waals surface area contributed by atoms with Gasteiger partial charge in [-0.2, -0.15) is 13.2 Å². The van der Waals surface area contributed by atoms with E-state index in [9.17, 15) is 27.2 Å². The molecule has 0 spiro atoms. The van der Waals surface area contributed by atoms with Crippen LogP contribution in [0.1, 0.15) is 27.9 Å². The van der Waals surface area contributed by atoms with Crippen LogP contribution in [0, 0.1) is 11.7 Å². The number of hydrogen-bond acceptors (Lipinski definition) is 3. The molecule has 32 heavy (non-hydrogen) atoms. The Kier molecular flexibility index (Phi) is 7.73. The zero-order valence-electron chi connectivity index (χ0n) is 17.0. The van der Waals surface area contributed by atoms with Gasteiger partial charge in [-0.25, -0.2) is 4.39 Å². The summed E-state index contributed by atoms with van der Waals surface area (Å²) in [4.78, 5) is 26.3. The molecule has 1 unspecified atom stereocenters. The van der Waals surface area contributed by atoms with E-state index in [2.05, 4.69) is 15.5 Å². The first-order valence-corrected chi connectivity index (χ1v) is 10.4. The van der Waals surface area contributed by atoms with Gasteiger partial charge in [-0.05, 0) is 54.8 Å². The number of alkyl halides is 3. The minimum absolute atomic E-state index is 0.250. The molecule has 3 rings (SSSR count). The van der Waals surface area contributed by atoms with Crippen LogP contribution in [-0.2, 0) is 17.5 Å². The standard InChI is InChI=1S/C22H22ClF4N3O2/c23-18-3-1-14(2-4-18)12-30-6-5-15(13-30)10-28-20(31)11-29-21(32)16-7-17(22(25,26)27)9-19(24)8-16/h1-4,7-9,15H,5-6,10-13H2,(H,28,31)(H,29,32). The predicted octanol–water partition coefficient (Wildman–Crippen LogP) is 3.87. The first-order chi connectivity index (χ1) is 15.1. The van der Waals surface area contributed by atoms with Gasteiger partial charge in [0.1, 0.15) is 5.82 Å². The Labute approximate surface area is 187 Å². The molecule has 1 aliphatic rings. The lowest BCUT2D eigenvalue weighted by atomic mass is 10.1. The molecule has 0 radical (unpaired) electrons. The normalized spacial score (nSPS) is 16.7. The molecule has 1 heterocycles. The Bertz CT molecular complexity index is 967. The third-order valence-corrected chi connectivity index (χ3v) is 5.43. The van der Waals surface area contributed by atoms with E-state index >= 15 is 0 Å². The molecule has 172 valence electrons. The van der Waals surface area contributed by atoms with Gasteiger partial charge in [-0.1, -0.05) is 23.7 Å². The third kappa shape index (κ3) is 6.93.